The van der Waals surface area contributed by atoms with E-state index in [1.165, 1.54) is 0 Å². The number of aliphatic carboxylic acids is 5. The van der Waals surface area contributed by atoms with Gasteiger partial charge < -0.3 is 36.0 Å². The lowest BCUT2D eigenvalue weighted by Gasteiger charge is -2.62. The third kappa shape index (κ3) is 9.43. The molecule has 0 saturated heterocycles. The molecule has 4 saturated carbocycles. The first-order chi connectivity index (χ1) is 24.4. The number of carboxylic acid groups (broad SMARTS) is 5. The maximum Gasteiger partial charge on any atom is 0.320 e. The summed E-state index contributed by atoms with van der Waals surface area (Å²) in [4.78, 5) is 72.8. The Labute approximate surface area is 305 Å². The predicted octanol–water partition coefficient (Wildman–Crippen LogP) is 2.69. The number of nitrogens with zero attached hydrogens (tertiary/aromatic N) is 2. The van der Waals surface area contributed by atoms with E-state index in [2.05, 4.69) is 26.1 Å². The minimum Gasteiger partial charge on any atom is -0.481 e. The van der Waals surface area contributed by atoms with Crippen LogP contribution in [0.2, 0.25) is 0 Å². The van der Waals surface area contributed by atoms with Crippen LogP contribution in [-0.2, 0) is 28.8 Å². The van der Waals surface area contributed by atoms with E-state index in [-0.39, 0.29) is 61.0 Å². The Hall–Kier alpha value is -3.30. The van der Waals surface area contributed by atoms with Crippen LogP contribution in [0.15, 0.2) is 0 Å². The molecule has 0 radical (unpaired) electrons. The molecule has 15 nitrogen and oxygen atoms in total. The van der Waals surface area contributed by atoms with Gasteiger partial charge in [0.25, 0.3) is 0 Å². The van der Waals surface area contributed by atoms with E-state index in [0.717, 1.165) is 61.2 Å². The zero-order valence-corrected chi connectivity index (χ0v) is 30.7. The second kappa shape index (κ2) is 17.2. The van der Waals surface area contributed by atoms with Gasteiger partial charge in [-0.3, -0.25) is 38.6 Å². The molecule has 0 aliphatic heterocycles. The van der Waals surface area contributed by atoms with Crippen molar-refractivity contribution < 1.29 is 59.4 Å². The highest BCUT2D eigenvalue weighted by Gasteiger charge is 2.63. The summed E-state index contributed by atoms with van der Waals surface area (Å²) in [5.41, 5.74) is -0.210. The van der Waals surface area contributed by atoms with Crippen LogP contribution in [0.1, 0.15) is 97.8 Å². The zero-order chi connectivity index (χ0) is 38.5. The van der Waals surface area contributed by atoms with Gasteiger partial charge in [0.15, 0.2) is 0 Å². The van der Waals surface area contributed by atoms with Crippen molar-refractivity contribution in [1.29, 1.82) is 0 Å². The average Bonchev–Trinajstić information content (AvgIpc) is 3.40. The van der Waals surface area contributed by atoms with Crippen LogP contribution < -0.4 is 5.32 Å². The summed E-state index contributed by atoms with van der Waals surface area (Å²) in [6.45, 7) is 4.40. The summed E-state index contributed by atoms with van der Waals surface area (Å²) < 4.78 is 0. The molecule has 4 aliphatic carbocycles. The van der Waals surface area contributed by atoms with E-state index < -0.39 is 61.6 Å². The molecule has 52 heavy (non-hydrogen) atoms. The van der Waals surface area contributed by atoms with Crippen LogP contribution in [0.25, 0.3) is 0 Å². The lowest BCUT2D eigenvalue weighted by atomic mass is 9.43. The van der Waals surface area contributed by atoms with Gasteiger partial charge in [-0.25, -0.2) is 0 Å². The molecule has 11 atom stereocenters. The van der Waals surface area contributed by atoms with E-state index in [1.807, 2.05) is 0 Å². The molecule has 0 spiro atoms. The average molecular weight is 738 g/mol. The largest absolute Gasteiger partial charge is 0.481 e. The molecule has 0 aromatic rings. The van der Waals surface area contributed by atoms with Crippen molar-refractivity contribution in [3.63, 3.8) is 0 Å². The fourth-order valence-electron chi connectivity index (χ4n) is 11.3. The Kier molecular flexibility index (Phi) is 13.7. The van der Waals surface area contributed by atoms with Gasteiger partial charge in [-0.15, -0.1) is 0 Å². The van der Waals surface area contributed by atoms with Crippen molar-refractivity contribution in [1.82, 2.24) is 15.1 Å². The van der Waals surface area contributed by atoms with Crippen molar-refractivity contribution in [3.8, 4) is 0 Å². The number of amides is 1. The topological polar surface area (TPSA) is 242 Å². The molecule has 1 amide bonds. The molecule has 0 aromatic heterocycles. The summed E-state index contributed by atoms with van der Waals surface area (Å²) in [6.07, 6.45) is 7.29. The van der Waals surface area contributed by atoms with Crippen LogP contribution >= 0.6 is 0 Å². The first-order valence-corrected chi connectivity index (χ1v) is 18.9. The number of carboxylic acids is 5. The Morgan fingerprint density at radius 2 is 1.40 bits per heavy atom. The summed E-state index contributed by atoms with van der Waals surface area (Å²) in [6, 6.07) is -1.45. The second-order valence-corrected chi connectivity index (χ2v) is 16.7. The van der Waals surface area contributed by atoms with Crippen LogP contribution in [0.4, 0.5) is 0 Å². The quantitative estimate of drug-likeness (QED) is 0.101. The van der Waals surface area contributed by atoms with Crippen LogP contribution in [0, 0.1) is 46.3 Å². The highest BCUT2D eigenvalue weighted by Crippen LogP contribution is 2.68. The van der Waals surface area contributed by atoms with Crippen molar-refractivity contribution in [3.05, 3.63) is 0 Å². The van der Waals surface area contributed by atoms with Crippen molar-refractivity contribution in [2.45, 2.75) is 116 Å². The molecular weight excluding hydrogens is 678 g/mol. The minimum atomic E-state index is -1.36. The van der Waals surface area contributed by atoms with E-state index >= 15 is 0 Å². The molecule has 294 valence electrons. The molecule has 15 heteroatoms. The van der Waals surface area contributed by atoms with Crippen molar-refractivity contribution in [2.24, 2.45) is 46.3 Å². The number of hydrogen-bond donors (Lipinski definition) is 7. The number of hydrogen-bond acceptors (Lipinski definition) is 9. The van der Waals surface area contributed by atoms with E-state index in [9.17, 15) is 49.2 Å². The summed E-state index contributed by atoms with van der Waals surface area (Å²) in [7, 11) is 0. The molecule has 4 rings (SSSR count). The maximum absolute atomic E-state index is 13.2. The molecule has 5 unspecified atom stereocenters. The summed E-state index contributed by atoms with van der Waals surface area (Å²) in [5, 5.41) is 61.8. The second-order valence-electron chi connectivity index (χ2n) is 16.7. The van der Waals surface area contributed by atoms with Crippen LogP contribution in [0.3, 0.4) is 0 Å². The Morgan fingerprint density at radius 1 is 0.750 bits per heavy atom. The van der Waals surface area contributed by atoms with Gasteiger partial charge >= 0.3 is 29.8 Å². The molecular formula is C37H59N3O12. The smallest absolute Gasteiger partial charge is 0.320 e. The molecule has 0 bridgehead atoms. The lowest BCUT2D eigenvalue weighted by Crippen LogP contribution is -2.59. The van der Waals surface area contributed by atoms with Crippen LogP contribution in [-0.4, -0.2) is 127 Å². The van der Waals surface area contributed by atoms with E-state index in [4.69, 9.17) is 10.2 Å². The molecule has 7 N–H and O–H groups in total. The van der Waals surface area contributed by atoms with Crippen molar-refractivity contribution in [2.75, 3.05) is 32.7 Å². The molecule has 0 aromatic carbocycles. The Balaban J connectivity index is 1.34. The SMILES string of the molecule is CC(CCC(=O)O)[C@H]1CCC2C3CCC4C[C@@H](NC(=O)CC[C@H](C(=O)O)N(CCN(CC(=O)O)CC(=O)O)CC(=O)O)CC[C@]4(C)C3C[C@H](O)[C@@]21C. The number of carbonyl (C=O) groups excluding carboxylic acids is 1. The summed E-state index contributed by atoms with van der Waals surface area (Å²) >= 11 is 0. The monoisotopic (exact) mass is 737 g/mol. The van der Waals surface area contributed by atoms with Gasteiger partial charge in [-0.2, -0.15) is 0 Å². The highest BCUT2D eigenvalue weighted by molar-refractivity contribution is 5.79. The van der Waals surface area contributed by atoms with Gasteiger partial charge in [-0.1, -0.05) is 20.8 Å². The standard InChI is InChI=1S/C37H59N3O12/c1-21(4-11-31(43)44)25-7-8-26-24-6-5-22-16-23(12-13-36(22,2)27(24)17-29(41)37(25,26)3)38-30(42)10-9-28(35(51)52)40(20-34(49)50)15-14-39(18-32(45)46)19-33(47)48/h21-29,41H,4-20H2,1-3H3,(H,38,42)(H,43,44)(H,45,46)(H,47,48)(H,49,50)(H,51,52)/t21?,22?,23-,24?,25+,26?,27?,28+,29-,36-,37+/m0/s1. The number of nitrogens with one attached hydrogen (secondary N) is 1. The fraction of sp³-hybridized carbons (Fsp3) is 0.838. The van der Waals surface area contributed by atoms with Gasteiger partial charge in [0, 0.05) is 32.0 Å². The third-order valence-corrected chi connectivity index (χ3v) is 13.8. The van der Waals surface area contributed by atoms with Gasteiger partial charge in [0.1, 0.15) is 6.04 Å². The maximum atomic E-state index is 13.2. The number of aliphatic hydroxyl groups excluding tert-OH is 1. The fourth-order valence-corrected chi connectivity index (χ4v) is 11.3. The van der Waals surface area contributed by atoms with Crippen molar-refractivity contribution >= 4 is 35.8 Å². The normalized spacial score (nSPS) is 33.7. The summed E-state index contributed by atoms with van der Waals surface area (Å²) in [5.74, 6) is -4.19. The number of aliphatic hydroxyl groups is 1. The number of rotatable bonds is 19. The highest BCUT2D eigenvalue weighted by atomic mass is 16.4. The van der Waals surface area contributed by atoms with Gasteiger partial charge in [0.05, 0.1) is 25.7 Å². The van der Waals surface area contributed by atoms with E-state index in [0.29, 0.717) is 36.0 Å². The van der Waals surface area contributed by atoms with E-state index in [1.54, 1.807) is 0 Å². The molecule has 4 aliphatic rings. The molecule has 0 heterocycles. The number of carbonyl (C=O) groups is 6. The zero-order valence-electron chi connectivity index (χ0n) is 30.7. The van der Waals surface area contributed by atoms with Gasteiger partial charge in [0.2, 0.25) is 5.91 Å². The first kappa shape index (κ1) is 41.5. The molecule has 4 fully saturated rings. The Bertz CT molecular complexity index is 1330. The third-order valence-electron chi connectivity index (χ3n) is 13.8. The van der Waals surface area contributed by atoms with Gasteiger partial charge in [-0.05, 0) is 111 Å². The lowest BCUT2D eigenvalue weighted by molar-refractivity contribution is -0.170. The minimum absolute atomic E-state index is 0.0142. The Morgan fingerprint density at radius 3 is 2.00 bits per heavy atom. The predicted molar refractivity (Wildman–Crippen MR) is 186 cm³/mol. The number of fused-ring (bicyclic) bond motifs is 5. The van der Waals surface area contributed by atoms with Crippen LogP contribution in [0.5, 0.6) is 0 Å². The first-order valence-electron chi connectivity index (χ1n) is 18.9.